The van der Waals surface area contributed by atoms with Crippen molar-refractivity contribution in [1.29, 1.82) is 0 Å². The summed E-state index contributed by atoms with van der Waals surface area (Å²) in [7, 11) is -3.00. The number of rotatable bonds is 6. The molecule has 0 aliphatic rings. The first kappa shape index (κ1) is 13.4. The molecule has 1 amide bonds. The van der Waals surface area contributed by atoms with Crippen molar-refractivity contribution in [1.82, 2.24) is 5.32 Å². The van der Waals surface area contributed by atoms with Gasteiger partial charge in [0.15, 0.2) is 9.84 Å². The monoisotopic (exact) mass is 222 g/mol. The fourth-order valence-electron chi connectivity index (χ4n) is 0.791. The minimum atomic E-state index is -3.00. The number of carbonyl (C=O) groups is 1. The average Bonchev–Trinajstić information content (AvgIpc) is 2.16. The molecule has 1 atom stereocenters. The zero-order chi connectivity index (χ0) is 11.2. The predicted molar refractivity (Wildman–Crippen MR) is 55.6 cm³/mol. The molecule has 0 heterocycles. The van der Waals surface area contributed by atoms with Crippen molar-refractivity contribution in [3.05, 3.63) is 0 Å². The molecule has 0 aliphatic carbocycles. The van der Waals surface area contributed by atoms with Gasteiger partial charge in [0, 0.05) is 12.3 Å². The predicted octanol–water partition coefficient (Wildman–Crippen LogP) is -0.725. The van der Waals surface area contributed by atoms with Crippen molar-refractivity contribution in [2.75, 3.05) is 18.1 Å². The number of nitrogens with two attached hydrogens (primary N) is 1. The van der Waals surface area contributed by atoms with Crippen LogP contribution in [0.25, 0.3) is 0 Å². The molecule has 1 unspecified atom stereocenters. The van der Waals surface area contributed by atoms with Crippen LogP contribution in [0.15, 0.2) is 0 Å². The second-order valence-corrected chi connectivity index (χ2v) is 5.51. The molecule has 0 aromatic carbocycles. The van der Waals surface area contributed by atoms with E-state index < -0.39 is 15.9 Å². The lowest BCUT2D eigenvalue weighted by molar-refractivity contribution is -0.122. The second-order valence-electron chi connectivity index (χ2n) is 3.04. The van der Waals surface area contributed by atoms with Crippen LogP contribution >= 0.6 is 0 Å². The summed E-state index contributed by atoms with van der Waals surface area (Å²) in [5.74, 6) is -0.215. The lowest BCUT2D eigenvalue weighted by atomic mass is 10.2. The van der Waals surface area contributed by atoms with E-state index in [4.69, 9.17) is 5.73 Å². The third kappa shape index (κ3) is 5.18. The molecule has 0 rings (SSSR count). The standard InChI is InChI=1S/C8H18N2O3S/c1-3-7(9)8(11)10-5-6-14(12,13)4-2/h7H,3-6,9H2,1-2H3,(H,10,11). The summed E-state index contributed by atoms with van der Waals surface area (Å²) >= 11 is 0. The van der Waals surface area contributed by atoms with E-state index in [0.717, 1.165) is 0 Å². The Hall–Kier alpha value is -0.620. The number of hydrogen-bond donors (Lipinski definition) is 2. The summed E-state index contributed by atoms with van der Waals surface area (Å²) in [5.41, 5.74) is 5.44. The molecule has 14 heavy (non-hydrogen) atoms. The summed E-state index contributed by atoms with van der Waals surface area (Å²) in [6, 6.07) is -0.542. The van der Waals surface area contributed by atoms with Gasteiger partial charge in [-0.2, -0.15) is 0 Å². The molecule has 0 saturated carbocycles. The van der Waals surface area contributed by atoms with Gasteiger partial charge < -0.3 is 11.1 Å². The Kier molecular flexibility index (Phi) is 5.71. The third-order valence-electron chi connectivity index (χ3n) is 1.93. The van der Waals surface area contributed by atoms with E-state index in [1.165, 1.54) is 0 Å². The molecule has 0 spiro atoms. The maximum Gasteiger partial charge on any atom is 0.236 e. The molecular formula is C8H18N2O3S. The SMILES string of the molecule is CCC(N)C(=O)NCCS(=O)(=O)CC. The number of amides is 1. The van der Waals surface area contributed by atoms with Gasteiger partial charge in [0.05, 0.1) is 11.8 Å². The summed E-state index contributed by atoms with van der Waals surface area (Å²) in [6.07, 6.45) is 0.548. The molecule has 0 aliphatic heterocycles. The van der Waals surface area contributed by atoms with Crippen molar-refractivity contribution in [3.8, 4) is 0 Å². The molecule has 5 nitrogen and oxygen atoms in total. The van der Waals surface area contributed by atoms with Gasteiger partial charge >= 0.3 is 0 Å². The molecule has 0 saturated heterocycles. The van der Waals surface area contributed by atoms with E-state index in [0.29, 0.717) is 6.42 Å². The van der Waals surface area contributed by atoms with Crippen molar-refractivity contribution in [3.63, 3.8) is 0 Å². The number of sulfone groups is 1. The number of carbonyl (C=O) groups excluding carboxylic acids is 1. The summed E-state index contributed by atoms with van der Waals surface area (Å²) in [6.45, 7) is 3.52. The van der Waals surface area contributed by atoms with E-state index in [1.54, 1.807) is 13.8 Å². The van der Waals surface area contributed by atoms with Crippen LogP contribution in [0.4, 0.5) is 0 Å². The highest BCUT2D eigenvalue weighted by Gasteiger charge is 2.12. The Morgan fingerprint density at radius 3 is 2.43 bits per heavy atom. The van der Waals surface area contributed by atoms with Crippen molar-refractivity contribution in [2.24, 2.45) is 5.73 Å². The maximum absolute atomic E-state index is 11.1. The lowest BCUT2D eigenvalue weighted by Crippen LogP contribution is -2.41. The first-order valence-corrected chi connectivity index (χ1v) is 6.48. The van der Waals surface area contributed by atoms with Crippen LogP contribution in [0.5, 0.6) is 0 Å². The largest absolute Gasteiger partial charge is 0.354 e. The van der Waals surface area contributed by atoms with Gasteiger partial charge in [0.1, 0.15) is 0 Å². The number of hydrogen-bond acceptors (Lipinski definition) is 4. The highest BCUT2D eigenvalue weighted by atomic mass is 32.2. The normalized spacial score (nSPS) is 13.6. The van der Waals surface area contributed by atoms with Crippen LogP contribution in [-0.2, 0) is 14.6 Å². The summed E-state index contributed by atoms with van der Waals surface area (Å²) in [5, 5.41) is 2.48. The van der Waals surface area contributed by atoms with Crippen LogP contribution in [0.3, 0.4) is 0 Å². The Balaban J connectivity index is 3.81. The molecule has 3 N–H and O–H groups in total. The van der Waals surface area contributed by atoms with Crippen molar-refractivity contribution < 1.29 is 13.2 Å². The summed E-state index contributed by atoms with van der Waals surface area (Å²) < 4.78 is 22.1. The Bertz CT molecular complexity index is 274. The third-order valence-corrected chi connectivity index (χ3v) is 3.63. The minimum absolute atomic E-state index is 0.0221. The first-order chi connectivity index (χ1) is 6.43. The highest BCUT2D eigenvalue weighted by molar-refractivity contribution is 7.91. The van der Waals surface area contributed by atoms with Crippen LogP contribution in [0.2, 0.25) is 0 Å². The van der Waals surface area contributed by atoms with E-state index in [9.17, 15) is 13.2 Å². The highest BCUT2D eigenvalue weighted by Crippen LogP contribution is 1.89. The van der Waals surface area contributed by atoms with Crippen molar-refractivity contribution in [2.45, 2.75) is 26.3 Å². The van der Waals surface area contributed by atoms with Crippen LogP contribution in [0.1, 0.15) is 20.3 Å². The van der Waals surface area contributed by atoms with Crippen LogP contribution in [-0.4, -0.2) is 38.4 Å². The fourth-order valence-corrected chi connectivity index (χ4v) is 1.49. The van der Waals surface area contributed by atoms with E-state index >= 15 is 0 Å². The second kappa shape index (κ2) is 5.98. The smallest absolute Gasteiger partial charge is 0.236 e. The van der Waals surface area contributed by atoms with Gasteiger partial charge in [0.25, 0.3) is 0 Å². The Labute approximate surface area is 85.0 Å². The topological polar surface area (TPSA) is 89.3 Å². The Morgan fingerprint density at radius 2 is 2.00 bits per heavy atom. The minimum Gasteiger partial charge on any atom is -0.354 e. The molecule has 0 aromatic rings. The van der Waals surface area contributed by atoms with E-state index in [-0.39, 0.29) is 24.0 Å². The molecular weight excluding hydrogens is 204 g/mol. The van der Waals surface area contributed by atoms with Crippen LogP contribution < -0.4 is 11.1 Å². The van der Waals surface area contributed by atoms with Gasteiger partial charge in [-0.3, -0.25) is 4.79 Å². The zero-order valence-electron chi connectivity index (χ0n) is 8.62. The molecule has 84 valence electrons. The lowest BCUT2D eigenvalue weighted by Gasteiger charge is -2.09. The summed E-state index contributed by atoms with van der Waals surface area (Å²) in [4.78, 5) is 11.1. The van der Waals surface area contributed by atoms with Gasteiger partial charge in [-0.05, 0) is 6.42 Å². The molecule has 0 radical (unpaired) electrons. The van der Waals surface area contributed by atoms with Gasteiger partial charge in [-0.15, -0.1) is 0 Å². The molecule has 0 bridgehead atoms. The van der Waals surface area contributed by atoms with E-state index in [2.05, 4.69) is 5.32 Å². The molecule has 6 heteroatoms. The molecule has 0 fully saturated rings. The van der Waals surface area contributed by atoms with Gasteiger partial charge in [-0.1, -0.05) is 13.8 Å². The van der Waals surface area contributed by atoms with Gasteiger partial charge in [0.2, 0.25) is 5.91 Å². The van der Waals surface area contributed by atoms with Gasteiger partial charge in [-0.25, -0.2) is 8.42 Å². The van der Waals surface area contributed by atoms with Crippen molar-refractivity contribution >= 4 is 15.7 Å². The maximum atomic E-state index is 11.1. The average molecular weight is 222 g/mol. The van der Waals surface area contributed by atoms with E-state index in [1.807, 2.05) is 0 Å². The number of nitrogens with one attached hydrogen (secondary N) is 1. The zero-order valence-corrected chi connectivity index (χ0v) is 9.43. The molecule has 0 aromatic heterocycles. The first-order valence-electron chi connectivity index (χ1n) is 4.66. The Morgan fingerprint density at radius 1 is 1.43 bits per heavy atom. The fraction of sp³-hybridized carbons (Fsp3) is 0.875. The quantitative estimate of drug-likeness (QED) is 0.620. The van der Waals surface area contributed by atoms with Crippen LogP contribution in [0, 0.1) is 0 Å².